The molecule has 39 heavy (non-hydrogen) atoms. The van der Waals surface area contributed by atoms with Gasteiger partial charge in [-0.05, 0) is 97.2 Å². The first-order valence-electron chi connectivity index (χ1n) is 12.5. The Morgan fingerprint density at radius 2 is 1.36 bits per heavy atom. The molecule has 2 aromatic rings. The smallest absolute Gasteiger partial charge is 1.00 e. The molecule has 2 aromatic carbocycles. The number of carbonyl (C=O) groups is 1. The number of halogens is 1. The van der Waals surface area contributed by atoms with Gasteiger partial charge in [0.2, 0.25) is 0 Å². The largest absolute Gasteiger partial charge is 2.00 e. The van der Waals surface area contributed by atoms with Crippen LogP contribution in [0.25, 0.3) is 0 Å². The number of aliphatic hydroxyl groups excluding tert-OH is 1. The molecule has 1 saturated heterocycles. The first-order chi connectivity index (χ1) is 18.1. The Balaban J connectivity index is -0.0000000859. The topological polar surface area (TPSA) is 65.0 Å². The molecule has 0 bridgehead atoms. The number of ether oxygens (including phenoxy) is 3. The van der Waals surface area contributed by atoms with Gasteiger partial charge >= 0.3 is 23.1 Å². The molecule has 7 heteroatoms. The summed E-state index contributed by atoms with van der Waals surface area (Å²) in [5.41, 5.74) is 1.69. The Morgan fingerprint density at radius 1 is 0.897 bits per heavy atom. The van der Waals surface area contributed by atoms with E-state index in [1.54, 1.807) is 38.5 Å². The van der Waals surface area contributed by atoms with E-state index in [2.05, 4.69) is 23.7 Å². The number of rotatable bonds is 5. The maximum atomic E-state index is 10.3. The Labute approximate surface area is 268 Å². The van der Waals surface area contributed by atoms with Crippen LogP contribution >= 0.6 is 0 Å². The third kappa shape index (κ3) is 17.7. The molecule has 0 spiro atoms. The van der Waals surface area contributed by atoms with E-state index in [0.717, 1.165) is 49.4 Å². The molecule has 1 aliphatic carbocycles. The molecule has 5 nitrogen and oxygen atoms in total. The number of aliphatic hydroxyl groups is 1. The second-order valence-electron chi connectivity index (χ2n) is 8.37. The summed E-state index contributed by atoms with van der Waals surface area (Å²) in [5, 5.41) is 10.3. The van der Waals surface area contributed by atoms with Crippen LogP contribution in [0.4, 0.5) is 0 Å². The number of hydrogen-bond donors (Lipinski definition) is 1. The quantitative estimate of drug-likeness (QED) is 0.317. The summed E-state index contributed by atoms with van der Waals surface area (Å²) in [6.45, 7) is 2.00. The van der Waals surface area contributed by atoms with Crippen LogP contribution in [0.15, 0.2) is 48.5 Å². The third-order valence-electron chi connectivity index (χ3n) is 5.84. The van der Waals surface area contributed by atoms with Gasteiger partial charge in [-0.3, -0.25) is 4.79 Å². The van der Waals surface area contributed by atoms with Crippen molar-refractivity contribution >= 4 is 29.3 Å². The first-order valence-corrected chi connectivity index (χ1v) is 12.5. The van der Waals surface area contributed by atoms with Gasteiger partial charge in [-0.25, -0.2) is 0 Å². The molecule has 1 heterocycles. The maximum absolute atomic E-state index is 10.3. The standard InChI is InChI=1S/C14H20O2.C8H8O2.C6H2.C4H8O.BrH.Mg.4H2.H/c1-16-13-9-7-12(8-10-13)14(15)11-5-3-2-4-6-11;1-10-8-4-2-7(6-9)3-5-8;1-3-5-6-4-2;1-2-4-5-3-1;;;;;;;/h7-11,14-15H,2-6H2,1H3;2-6H,1H3;1-2H;1-4H2;1H;;4*1H;/q;;;;;+2;;;;;-1/p-1. The van der Waals surface area contributed by atoms with Crippen LogP contribution in [0.1, 0.15) is 74.1 Å². The molecule has 1 aliphatic heterocycles. The van der Waals surface area contributed by atoms with Crippen LogP contribution in [-0.4, -0.2) is 61.9 Å². The minimum Gasteiger partial charge on any atom is -1.00 e. The number of aldehydes is 1. The number of carbonyl (C=O) groups excluding carboxylic acids is 1. The molecule has 0 radical (unpaired) electrons. The fourth-order valence-electron chi connectivity index (χ4n) is 3.79. The van der Waals surface area contributed by atoms with E-state index in [1.807, 2.05) is 24.3 Å². The molecule has 1 atom stereocenters. The van der Waals surface area contributed by atoms with Crippen molar-refractivity contribution in [2.75, 3.05) is 27.4 Å². The molecule has 1 N–H and O–H groups in total. The minimum atomic E-state index is -0.300. The number of benzene rings is 2. The van der Waals surface area contributed by atoms with Crippen molar-refractivity contribution in [3.63, 3.8) is 0 Å². The van der Waals surface area contributed by atoms with Crippen LogP contribution in [0.3, 0.4) is 0 Å². The SMILES string of the molecule is C#CC#CC#C.C1CCOC1.COc1ccc(C(O)C2CCCCC2)cc1.COc1ccc(C=O)cc1.[Br-].[H-].[HH].[HH].[HH].[HH].[Mg+2]. The van der Waals surface area contributed by atoms with E-state index in [-0.39, 0.29) is 53.3 Å². The zero-order valence-corrected chi connectivity index (χ0v) is 26.0. The van der Waals surface area contributed by atoms with Gasteiger partial charge in [-0.2, -0.15) is 0 Å². The van der Waals surface area contributed by atoms with Gasteiger partial charge in [-0.1, -0.05) is 31.4 Å². The molecule has 0 amide bonds. The average Bonchev–Trinajstić information content (AvgIpc) is 3.57. The van der Waals surface area contributed by atoms with E-state index in [0.29, 0.717) is 11.5 Å². The van der Waals surface area contributed by atoms with Crippen molar-refractivity contribution in [2.45, 2.75) is 51.0 Å². The summed E-state index contributed by atoms with van der Waals surface area (Å²) in [7, 11) is 3.25. The summed E-state index contributed by atoms with van der Waals surface area (Å²) >= 11 is 0. The second-order valence-corrected chi connectivity index (χ2v) is 8.37. The third-order valence-corrected chi connectivity index (χ3v) is 5.84. The molecule has 2 aliphatic rings. The molecule has 214 valence electrons. The van der Waals surface area contributed by atoms with Crippen molar-refractivity contribution in [3.8, 4) is 48.0 Å². The Hall–Kier alpha value is -2.44. The molecule has 1 saturated carbocycles. The van der Waals surface area contributed by atoms with Crippen LogP contribution in [0.2, 0.25) is 0 Å². The van der Waals surface area contributed by atoms with Gasteiger partial charge in [-0.15, -0.1) is 12.8 Å². The van der Waals surface area contributed by atoms with Gasteiger partial charge < -0.3 is 37.7 Å². The molecule has 2 fully saturated rings. The van der Waals surface area contributed by atoms with E-state index in [9.17, 15) is 9.90 Å². The second kappa shape index (κ2) is 25.8. The minimum absolute atomic E-state index is 0. The molecular weight excluding hydrogens is 569 g/mol. The Bertz CT molecular complexity index is 1020. The molecule has 4 rings (SSSR count). The van der Waals surface area contributed by atoms with Gasteiger partial charge in [0.25, 0.3) is 0 Å². The summed E-state index contributed by atoms with van der Waals surface area (Å²) in [6.07, 6.45) is 18.6. The molecule has 0 aromatic heterocycles. The number of hydrogen-bond acceptors (Lipinski definition) is 5. The fourth-order valence-corrected chi connectivity index (χ4v) is 3.79. The number of terminal acetylenes is 2. The Morgan fingerprint density at radius 3 is 1.72 bits per heavy atom. The van der Waals surface area contributed by atoms with Crippen molar-refractivity contribution < 1.29 is 48.2 Å². The van der Waals surface area contributed by atoms with Gasteiger partial charge in [0, 0.05) is 24.5 Å². The van der Waals surface area contributed by atoms with Crippen LogP contribution in [0.5, 0.6) is 11.5 Å². The molecule has 1 unspecified atom stereocenters. The predicted octanol–water partition coefficient (Wildman–Crippen LogP) is 3.59. The van der Waals surface area contributed by atoms with E-state index in [4.69, 9.17) is 27.1 Å². The summed E-state index contributed by atoms with van der Waals surface area (Å²) in [6, 6.07) is 14.7. The summed E-state index contributed by atoms with van der Waals surface area (Å²) < 4.78 is 15.0. The van der Waals surface area contributed by atoms with Crippen molar-refractivity contribution in [2.24, 2.45) is 5.92 Å². The van der Waals surface area contributed by atoms with Crippen molar-refractivity contribution in [1.82, 2.24) is 0 Å². The maximum Gasteiger partial charge on any atom is 2.00 e. The van der Waals surface area contributed by atoms with Crippen LogP contribution < -0.4 is 26.5 Å². The van der Waals surface area contributed by atoms with Crippen molar-refractivity contribution in [3.05, 3.63) is 59.7 Å². The monoisotopic (exact) mass is 614 g/mol. The summed E-state index contributed by atoms with van der Waals surface area (Å²) in [5.74, 6) is 10.7. The molecular formula is C32H47BrMgO5. The van der Waals surface area contributed by atoms with E-state index >= 15 is 0 Å². The zero-order chi connectivity index (χ0) is 27.1. The fraction of sp³-hybridized carbons (Fsp3) is 0.406. The predicted molar refractivity (Wildman–Crippen MR) is 164 cm³/mol. The van der Waals surface area contributed by atoms with Gasteiger partial charge in [0.15, 0.2) is 0 Å². The summed E-state index contributed by atoms with van der Waals surface area (Å²) in [4.78, 5) is 10.2. The Kier molecular flexibility index (Phi) is 25.6. The van der Waals surface area contributed by atoms with E-state index < -0.39 is 0 Å². The zero-order valence-electron chi connectivity index (χ0n) is 24.0. The van der Waals surface area contributed by atoms with E-state index in [1.165, 1.54) is 32.1 Å². The average molecular weight is 616 g/mol. The normalized spacial score (nSPS) is 13.8. The van der Waals surface area contributed by atoms with Gasteiger partial charge in [0.1, 0.15) is 17.8 Å². The number of methoxy groups -OCH3 is 2. The van der Waals surface area contributed by atoms with Crippen LogP contribution in [0, 0.1) is 42.4 Å². The van der Waals surface area contributed by atoms with Crippen LogP contribution in [-0.2, 0) is 4.74 Å². The first kappa shape index (κ1) is 38.7. The van der Waals surface area contributed by atoms with Crippen molar-refractivity contribution in [1.29, 1.82) is 0 Å². The van der Waals surface area contributed by atoms with Gasteiger partial charge in [0.05, 0.1) is 20.3 Å².